The van der Waals surface area contributed by atoms with Gasteiger partial charge in [-0.25, -0.2) is 4.39 Å². The van der Waals surface area contributed by atoms with Gasteiger partial charge in [-0.3, -0.25) is 9.97 Å². The van der Waals surface area contributed by atoms with Gasteiger partial charge in [0.1, 0.15) is 5.82 Å². The highest BCUT2D eigenvalue weighted by molar-refractivity contribution is 5.30. The molecule has 2 heterocycles. The van der Waals surface area contributed by atoms with Gasteiger partial charge in [0.25, 0.3) is 0 Å². The molecule has 0 atom stereocenters. The van der Waals surface area contributed by atoms with Crippen molar-refractivity contribution >= 4 is 0 Å². The van der Waals surface area contributed by atoms with E-state index in [2.05, 4.69) is 57.6 Å². The summed E-state index contributed by atoms with van der Waals surface area (Å²) in [5, 5.41) is 0. The third kappa shape index (κ3) is 5.15. The molecule has 0 N–H and O–H groups in total. The Hall–Kier alpha value is -1.77. The highest BCUT2D eigenvalue weighted by Crippen LogP contribution is 2.32. The fourth-order valence-electron chi connectivity index (χ4n) is 3.18. The number of pyridine rings is 2. The first kappa shape index (κ1) is 21.5. The van der Waals surface area contributed by atoms with Gasteiger partial charge < -0.3 is 0 Å². The standard InChI is InChI=1S/C24H35FN2/c1-16-12-20(23(5,6)7)26-14-17(16)10-11-24(8,9)21-13-19(25)18(15-27-21)22(2,3)4/h12-15H,10-11H2,1-9H3. The summed E-state index contributed by atoms with van der Waals surface area (Å²) >= 11 is 0. The number of aromatic nitrogens is 2. The maximum absolute atomic E-state index is 14.6. The topological polar surface area (TPSA) is 25.8 Å². The minimum absolute atomic E-state index is 0.0544. The van der Waals surface area contributed by atoms with E-state index >= 15 is 0 Å². The smallest absolute Gasteiger partial charge is 0.130 e. The number of aryl methyl sites for hydroxylation is 2. The normalized spacial score (nSPS) is 13.1. The van der Waals surface area contributed by atoms with Gasteiger partial charge in [0.05, 0.1) is 0 Å². The van der Waals surface area contributed by atoms with Crippen LogP contribution in [-0.4, -0.2) is 9.97 Å². The molecule has 0 aliphatic rings. The van der Waals surface area contributed by atoms with E-state index in [0.29, 0.717) is 5.56 Å². The number of rotatable bonds is 4. The first-order chi connectivity index (χ1) is 12.2. The zero-order valence-corrected chi connectivity index (χ0v) is 18.5. The molecule has 0 saturated carbocycles. The van der Waals surface area contributed by atoms with Crippen LogP contribution in [-0.2, 0) is 22.7 Å². The lowest BCUT2D eigenvalue weighted by molar-refractivity contribution is 0.452. The SMILES string of the molecule is Cc1cc(C(C)(C)C)ncc1CCC(C)(C)c1cc(F)c(C(C)(C)C)cn1. The molecule has 0 radical (unpaired) electrons. The Labute approximate surface area is 164 Å². The minimum atomic E-state index is -0.239. The van der Waals surface area contributed by atoms with Gasteiger partial charge in [0.2, 0.25) is 0 Å². The van der Waals surface area contributed by atoms with Crippen LogP contribution in [0.1, 0.15) is 89.9 Å². The van der Waals surface area contributed by atoms with Crippen molar-refractivity contribution in [3.63, 3.8) is 0 Å². The summed E-state index contributed by atoms with van der Waals surface area (Å²) in [5.74, 6) is -0.159. The van der Waals surface area contributed by atoms with Crippen LogP contribution in [0.3, 0.4) is 0 Å². The molecule has 2 rings (SSSR count). The third-order valence-corrected chi connectivity index (χ3v) is 5.36. The van der Waals surface area contributed by atoms with Crippen LogP contribution in [0, 0.1) is 12.7 Å². The van der Waals surface area contributed by atoms with Crippen LogP contribution in [0.25, 0.3) is 0 Å². The van der Waals surface area contributed by atoms with E-state index in [9.17, 15) is 4.39 Å². The Kier molecular flexibility index (Phi) is 5.85. The zero-order chi connectivity index (χ0) is 20.6. The van der Waals surface area contributed by atoms with E-state index in [-0.39, 0.29) is 22.1 Å². The van der Waals surface area contributed by atoms with Crippen molar-refractivity contribution in [1.29, 1.82) is 0 Å². The number of hydrogen-bond acceptors (Lipinski definition) is 2. The van der Waals surface area contributed by atoms with Crippen LogP contribution < -0.4 is 0 Å². The Morgan fingerprint density at radius 2 is 1.41 bits per heavy atom. The molecule has 0 amide bonds. The van der Waals surface area contributed by atoms with Crippen molar-refractivity contribution in [3.05, 3.63) is 58.4 Å². The van der Waals surface area contributed by atoms with Gasteiger partial charge in [0, 0.05) is 40.2 Å². The Morgan fingerprint density at radius 1 is 0.815 bits per heavy atom. The minimum Gasteiger partial charge on any atom is -0.260 e. The van der Waals surface area contributed by atoms with Gasteiger partial charge in [-0.1, -0.05) is 55.4 Å². The summed E-state index contributed by atoms with van der Waals surface area (Å²) < 4.78 is 14.6. The van der Waals surface area contributed by atoms with Gasteiger partial charge >= 0.3 is 0 Å². The average Bonchev–Trinajstić information content (AvgIpc) is 2.51. The molecule has 148 valence electrons. The zero-order valence-electron chi connectivity index (χ0n) is 18.5. The first-order valence-electron chi connectivity index (χ1n) is 9.84. The van der Waals surface area contributed by atoms with Crippen LogP contribution >= 0.6 is 0 Å². The summed E-state index contributed by atoms with van der Waals surface area (Å²) in [6.07, 6.45) is 5.51. The maximum Gasteiger partial charge on any atom is 0.130 e. The second kappa shape index (κ2) is 7.33. The predicted octanol–water partition coefficient (Wildman–Crippen LogP) is 6.43. The molecule has 3 heteroatoms. The lowest BCUT2D eigenvalue weighted by Gasteiger charge is -2.27. The van der Waals surface area contributed by atoms with E-state index in [1.165, 1.54) is 11.1 Å². The molecule has 0 bridgehead atoms. The molecule has 2 aromatic rings. The summed E-state index contributed by atoms with van der Waals surface area (Å²) in [5.41, 5.74) is 4.73. The third-order valence-electron chi connectivity index (χ3n) is 5.36. The van der Waals surface area contributed by atoms with Crippen molar-refractivity contribution in [2.75, 3.05) is 0 Å². The molecular formula is C24H35FN2. The van der Waals surface area contributed by atoms with Crippen LogP contribution in [0.4, 0.5) is 4.39 Å². The average molecular weight is 371 g/mol. The molecule has 0 aliphatic heterocycles. The summed E-state index contributed by atoms with van der Waals surface area (Å²) in [6, 6.07) is 3.81. The van der Waals surface area contributed by atoms with Crippen molar-refractivity contribution in [1.82, 2.24) is 9.97 Å². The van der Waals surface area contributed by atoms with E-state index in [0.717, 1.165) is 24.2 Å². The molecule has 27 heavy (non-hydrogen) atoms. The first-order valence-corrected chi connectivity index (χ1v) is 9.84. The lowest BCUT2D eigenvalue weighted by atomic mass is 9.81. The Balaban J connectivity index is 2.19. The van der Waals surface area contributed by atoms with Gasteiger partial charge in [-0.05, 0) is 48.4 Å². The van der Waals surface area contributed by atoms with Crippen LogP contribution in [0.5, 0.6) is 0 Å². The predicted molar refractivity (Wildman–Crippen MR) is 112 cm³/mol. The van der Waals surface area contributed by atoms with Crippen molar-refractivity contribution in [2.24, 2.45) is 0 Å². The quantitative estimate of drug-likeness (QED) is 0.620. The maximum atomic E-state index is 14.6. The van der Waals surface area contributed by atoms with Gasteiger partial charge in [-0.15, -0.1) is 0 Å². The monoisotopic (exact) mass is 370 g/mol. The molecule has 0 spiro atoms. The summed E-state index contributed by atoms with van der Waals surface area (Å²) in [7, 11) is 0. The molecule has 0 unspecified atom stereocenters. The molecule has 0 saturated heterocycles. The molecule has 0 aliphatic carbocycles. The highest BCUT2D eigenvalue weighted by Gasteiger charge is 2.26. The Morgan fingerprint density at radius 3 is 1.89 bits per heavy atom. The number of nitrogens with zero attached hydrogens (tertiary/aromatic N) is 2. The highest BCUT2D eigenvalue weighted by atomic mass is 19.1. The second-order valence-electron chi connectivity index (χ2n) is 10.4. The van der Waals surface area contributed by atoms with Crippen LogP contribution in [0.2, 0.25) is 0 Å². The number of hydrogen-bond donors (Lipinski definition) is 0. The van der Waals surface area contributed by atoms with E-state index in [4.69, 9.17) is 0 Å². The fourth-order valence-corrected chi connectivity index (χ4v) is 3.18. The van der Waals surface area contributed by atoms with E-state index in [1.807, 2.05) is 27.0 Å². The van der Waals surface area contributed by atoms with Crippen molar-refractivity contribution in [3.8, 4) is 0 Å². The van der Waals surface area contributed by atoms with Crippen LogP contribution in [0.15, 0.2) is 24.5 Å². The van der Waals surface area contributed by atoms with Crippen molar-refractivity contribution < 1.29 is 4.39 Å². The van der Waals surface area contributed by atoms with Gasteiger partial charge in [0.15, 0.2) is 0 Å². The van der Waals surface area contributed by atoms with E-state index < -0.39 is 0 Å². The summed E-state index contributed by atoms with van der Waals surface area (Å²) in [4.78, 5) is 9.26. The molecule has 0 aromatic carbocycles. The van der Waals surface area contributed by atoms with E-state index in [1.54, 1.807) is 12.3 Å². The molecule has 2 aromatic heterocycles. The molecule has 2 nitrogen and oxygen atoms in total. The summed E-state index contributed by atoms with van der Waals surface area (Å²) in [6.45, 7) is 19.0. The fraction of sp³-hybridized carbons (Fsp3) is 0.583. The number of halogens is 1. The van der Waals surface area contributed by atoms with Crippen molar-refractivity contribution in [2.45, 2.75) is 91.4 Å². The Bertz CT molecular complexity index is 808. The largest absolute Gasteiger partial charge is 0.260 e. The molecular weight excluding hydrogens is 335 g/mol. The molecule has 0 fully saturated rings. The van der Waals surface area contributed by atoms with Gasteiger partial charge in [-0.2, -0.15) is 0 Å². The lowest BCUT2D eigenvalue weighted by Crippen LogP contribution is -2.22. The second-order valence-corrected chi connectivity index (χ2v) is 10.4.